The van der Waals surface area contributed by atoms with Crippen molar-refractivity contribution >= 4 is 27.5 Å². The third-order valence-corrected chi connectivity index (χ3v) is 8.78. The summed E-state index contributed by atoms with van der Waals surface area (Å²) < 4.78 is 42.9. The standard InChI is InChI=1S/C32H40FN3O4S/c1-5-8-21-34-32(38)29(7-3)35(22-25-15-17-27(33)18-16-25)31(37)23-36(30-12-10-9-11-26(30)6-2)41(39,40)28-19-13-24(4)14-20-28/h9-20,29H,5-8,21-23H2,1-4H3,(H,34,38)/t29-/m0/s1. The number of anilines is 1. The third-order valence-electron chi connectivity index (χ3n) is 7.01. The van der Waals surface area contributed by atoms with E-state index in [1.807, 2.05) is 39.8 Å². The van der Waals surface area contributed by atoms with Crippen molar-refractivity contribution < 1.29 is 22.4 Å². The van der Waals surface area contributed by atoms with Crippen molar-refractivity contribution in [2.24, 2.45) is 0 Å². The van der Waals surface area contributed by atoms with E-state index in [0.29, 0.717) is 30.6 Å². The molecule has 0 fully saturated rings. The normalized spacial score (nSPS) is 12.0. The van der Waals surface area contributed by atoms with Crippen molar-refractivity contribution in [1.82, 2.24) is 10.2 Å². The number of aryl methyl sites for hydroxylation is 2. The minimum atomic E-state index is -4.15. The van der Waals surface area contributed by atoms with E-state index in [-0.39, 0.29) is 17.3 Å². The number of nitrogens with zero attached hydrogens (tertiary/aromatic N) is 2. The molecule has 1 N–H and O–H groups in total. The van der Waals surface area contributed by atoms with E-state index in [2.05, 4.69) is 5.32 Å². The first-order valence-electron chi connectivity index (χ1n) is 14.1. The van der Waals surface area contributed by atoms with Crippen molar-refractivity contribution in [2.45, 2.75) is 70.9 Å². The van der Waals surface area contributed by atoms with Crippen molar-refractivity contribution in [3.05, 3.63) is 95.3 Å². The van der Waals surface area contributed by atoms with Crippen LogP contribution in [-0.4, -0.2) is 44.3 Å². The molecule has 3 aromatic carbocycles. The van der Waals surface area contributed by atoms with Gasteiger partial charge in [-0.05, 0) is 67.6 Å². The van der Waals surface area contributed by atoms with E-state index in [9.17, 15) is 22.4 Å². The van der Waals surface area contributed by atoms with Crippen LogP contribution < -0.4 is 9.62 Å². The number of halogens is 1. The van der Waals surface area contributed by atoms with Crippen LogP contribution in [0.25, 0.3) is 0 Å². The van der Waals surface area contributed by atoms with Gasteiger partial charge in [-0.25, -0.2) is 12.8 Å². The highest BCUT2D eigenvalue weighted by molar-refractivity contribution is 7.92. The Morgan fingerprint density at radius 1 is 0.927 bits per heavy atom. The number of unbranched alkanes of at least 4 members (excludes halogenated alkanes) is 1. The lowest BCUT2D eigenvalue weighted by molar-refractivity contribution is -0.140. The molecule has 1 atom stereocenters. The van der Waals surface area contributed by atoms with Crippen LogP contribution in [0.2, 0.25) is 0 Å². The van der Waals surface area contributed by atoms with E-state index >= 15 is 0 Å². The Bertz CT molecular complexity index is 1410. The fourth-order valence-electron chi connectivity index (χ4n) is 4.62. The van der Waals surface area contributed by atoms with Crippen LogP contribution in [0, 0.1) is 12.7 Å². The van der Waals surface area contributed by atoms with E-state index < -0.39 is 34.3 Å². The molecule has 0 heterocycles. The maximum absolute atomic E-state index is 14.1. The zero-order chi connectivity index (χ0) is 30.0. The molecule has 0 unspecified atom stereocenters. The Morgan fingerprint density at radius 2 is 1.59 bits per heavy atom. The number of carbonyl (C=O) groups is 2. The van der Waals surface area contributed by atoms with E-state index in [1.165, 1.54) is 29.2 Å². The van der Waals surface area contributed by atoms with Crippen molar-refractivity contribution in [1.29, 1.82) is 0 Å². The van der Waals surface area contributed by atoms with Crippen LogP contribution in [0.1, 0.15) is 56.7 Å². The lowest BCUT2D eigenvalue weighted by Crippen LogP contribution is -2.52. The number of benzene rings is 3. The summed E-state index contributed by atoms with van der Waals surface area (Å²) in [5.74, 6) is -1.26. The average molecular weight is 582 g/mol. The second-order valence-corrected chi connectivity index (χ2v) is 11.9. The lowest BCUT2D eigenvalue weighted by Gasteiger charge is -2.33. The minimum Gasteiger partial charge on any atom is -0.354 e. The molecule has 9 heteroatoms. The highest BCUT2D eigenvalue weighted by Crippen LogP contribution is 2.28. The molecule has 41 heavy (non-hydrogen) atoms. The number of hydrogen-bond donors (Lipinski definition) is 1. The molecule has 0 saturated heterocycles. The SMILES string of the molecule is CCCCNC(=O)[C@H](CC)N(Cc1ccc(F)cc1)C(=O)CN(c1ccccc1CC)S(=O)(=O)c1ccc(C)cc1. The molecule has 0 spiro atoms. The first-order chi connectivity index (χ1) is 19.6. The fraction of sp³-hybridized carbons (Fsp3) is 0.375. The highest BCUT2D eigenvalue weighted by atomic mass is 32.2. The van der Waals surface area contributed by atoms with Gasteiger partial charge < -0.3 is 10.2 Å². The Balaban J connectivity index is 2.06. The summed E-state index contributed by atoms with van der Waals surface area (Å²) in [7, 11) is -4.15. The molecule has 0 saturated carbocycles. The zero-order valence-electron chi connectivity index (χ0n) is 24.3. The van der Waals surface area contributed by atoms with E-state index in [4.69, 9.17) is 0 Å². The van der Waals surface area contributed by atoms with Crippen LogP contribution in [0.4, 0.5) is 10.1 Å². The number of para-hydroxylation sites is 1. The molecular weight excluding hydrogens is 541 g/mol. The van der Waals surface area contributed by atoms with Gasteiger partial charge in [-0.1, -0.05) is 75.2 Å². The van der Waals surface area contributed by atoms with Crippen LogP contribution in [0.5, 0.6) is 0 Å². The Morgan fingerprint density at radius 3 is 2.20 bits per heavy atom. The second kappa shape index (κ2) is 14.8. The molecule has 0 radical (unpaired) electrons. The van der Waals surface area contributed by atoms with Crippen LogP contribution in [-0.2, 0) is 32.6 Å². The van der Waals surface area contributed by atoms with Gasteiger partial charge in [0.1, 0.15) is 18.4 Å². The maximum atomic E-state index is 14.1. The first kappa shape index (κ1) is 31.8. The predicted molar refractivity (Wildman–Crippen MR) is 160 cm³/mol. The summed E-state index contributed by atoms with van der Waals surface area (Å²) >= 11 is 0. The van der Waals surface area contributed by atoms with Crippen LogP contribution in [0.3, 0.4) is 0 Å². The number of carbonyl (C=O) groups excluding carboxylic acids is 2. The fourth-order valence-corrected chi connectivity index (χ4v) is 6.07. The largest absolute Gasteiger partial charge is 0.354 e. The summed E-state index contributed by atoms with van der Waals surface area (Å²) in [5, 5.41) is 2.90. The summed E-state index contributed by atoms with van der Waals surface area (Å²) in [6.07, 6.45) is 2.57. The molecule has 3 aromatic rings. The number of hydrogen-bond acceptors (Lipinski definition) is 4. The number of amides is 2. The molecular formula is C32H40FN3O4S. The van der Waals surface area contributed by atoms with Crippen molar-refractivity contribution in [2.75, 3.05) is 17.4 Å². The first-order valence-corrected chi connectivity index (χ1v) is 15.5. The summed E-state index contributed by atoms with van der Waals surface area (Å²) in [6, 6.07) is 18.5. The summed E-state index contributed by atoms with van der Waals surface area (Å²) in [4.78, 5) is 28.8. The number of sulfonamides is 1. The molecule has 7 nitrogen and oxygen atoms in total. The smallest absolute Gasteiger partial charge is 0.264 e. The van der Waals surface area contributed by atoms with Gasteiger partial charge in [0.15, 0.2) is 0 Å². The average Bonchev–Trinajstić information content (AvgIpc) is 2.97. The van der Waals surface area contributed by atoms with Gasteiger partial charge >= 0.3 is 0 Å². The summed E-state index contributed by atoms with van der Waals surface area (Å²) in [6.45, 7) is 7.61. The van der Waals surface area contributed by atoms with Crippen LogP contribution in [0.15, 0.2) is 77.7 Å². The summed E-state index contributed by atoms with van der Waals surface area (Å²) in [5.41, 5.74) is 2.71. The Kier molecular flexibility index (Phi) is 11.5. The van der Waals surface area contributed by atoms with Gasteiger partial charge in [0.05, 0.1) is 10.6 Å². The molecule has 0 aliphatic carbocycles. The van der Waals surface area contributed by atoms with Gasteiger partial charge in [-0.3, -0.25) is 13.9 Å². The predicted octanol–water partition coefficient (Wildman–Crippen LogP) is 5.62. The van der Waals surface area contributed by atoms with Gasteiger partial charge in [0, 0.05) is 13.1 Å². The van der Waals surface area contributed by atoms with Gasteiger partial charge in [0.2, 0.25) is 11.8 Å². The minimum absolute atomic E-state index is 0.0205. The molecule has 3 rings (SSSR count). The molecule has 0 aliphatic rings. The third kappa shape index (κ3) is 8.16. The number of nitrogens with one attached hydrogen (secondary N) is 1. The maximum Gasteiger partial charge on any atom is 0.264 e. The van der Waals surface area contributed by atoms with Gasteiger partial charge in [-0.15, -0.1) is 0 Å². The zero-order valence-corrected chi connectivity index (χ0v) is 25.1. The van der Waals surface area contributed by atoms with Gasteiger partial charge in [0.25, 0.3) is 10.0 Å². The molecule has 0 aromatic heterocycles. The second-order valence-electron chi connectivity index (χ2n) is 10.0. The van der Waals surface area contributed by atoms with Gasteiger partial charge in [-0.2, -0.15) is 0 Å². The molecule has 0 aliphatic heterocycles. The van der Waals surface area contributed by atoms with E-state index in [1.54, 1.807) is 36.4 Å². The highest BCUT2D eigenvalue weighted by Gasteiger charge is 2.34. The lowest BCUT2D eigenvalue weighted by atomic mass is 10.1. The quantitative estimate of drug-likeness (QED) is 0.251. The van der Waals surface area contributed by atoms with Crippen molar-refractivity contribution in [3.63, 3.8) is 0 Å². The number of rotatable bonds is 14. The molecule has 220 valence electrons. The topological polar surface area (TPSA) is 86.8 Å². The van der Waals surface area contributed by atoms with Crippen molar-refractivity contribution in [3.8, 4) is 0 Å². The van der Waals surface area contributed by atoms with Crippen LogP contribution >= 0.6 is 0 Å². The van der Waals surface area contributed by atoms with E-state index in [0.717, 1.165) is 28.3 Å². The monoisotopic (exact) mass is 581 g/mol. The molecule has 2 amide bonds. The Labute approximate surface area is 243 Å². The molecule has 0 bridgehead atoms. The Hall–Kier alpha value is -3.72.